The number of thiazole rings is 1. The molecule has 1 aromatic rings. The largest absolute Gasteiger partial charge is 0.481 e. The Morgan fingerprint density at radius 3 is 3.08 bits per heavy atom. The fourth-order valence-corrected chi connectivity index (χ4v) is 2.57. The third kappa shape index (κ3) is 4.28. The highest BCUT2D eigenvalue weighted by Crippen LogP contribution is 2.16. The van der Waals surface area contributed by atoms with Crippen molar-refractivity contribution in [3.05, 3.63) is 16.1 Å². The summed E-state index contributed by atoms with van der Waals surface area (Å²) < 4.78 is 0. The average molecular weight is 217 g/mol. The molecule has 13 heavy (non-hydrogen) atoms. The Bertz CT molecular complexity index is 285. The Kier molecular flexibility index (Phi) is 4.24. The number of nitrogens with zero attached hydrogens (tertiary/aromatic N) is 1. The highest BCUT2D eigenvalue weighted by atomic mass is 32.2. The number of hydrogen-bond donors (Lipinski definition) is 1. The molecule has 1 heterocycles. The van der Waals surface area contributed by atoms with E-state index < -0.39 is 5.97 Å². The molecule has 0 radical (unpaired) electrons. The Morgan fingerprint density at radius 1 is 1.77 bits per heavy atom. The predicted molar refractivity (Wildman–Crippen MR) is 55.3 cm³/mol. The molecule has 0 amide bonds. The number of aryl methyl sites for hydroxylation is 1. The first kappa shape index (κ1) is 10.5. The smallest absolute Gasteiger partial charge is 0.304 e. The first-order chi connectivity index (χ1) is 6.18. The molecule has 0 saturated carbocycles. The van der Waals surface area contributed by atoms with E-state index in [1.54, 1.807) is 23.1 Å². The van der Waals surface area contributed by atoms with Crippen molar-refractivity contribution in [3.8, 4) is 0 Å². The van der Waals surface area contributed by atoms with Crippen molar-refractivity contribution in [1.29, 1.82) is 0 Å². The number of carboxylic acids is 1. The Labute approximate surface area is 85.2 Å². The third-order valence-electron chi connectivity index (χ3n) is 1.35. The summed E-state index contributed by atoms with van der Waals surface area (Å²) in [6, 6.07) is 0. The molecule has 0 aromatic carbocycles. The van der Waals surface area contributed by atoms with Crippen molar-refractivity contribution < 1.29 is 9.90 Å². The van der Waals surface area contributed by atoms with Gasteiger partial charge in [0, 0.05) is 22.6 Å². The molecule has 0 aliphatic rings. The maximum atomic E-state index is 10.2. The Balaban J connectivity index is 2.16. The van der Waals surface area contributed by atoms with E-state index in [0.717, 1.165) is 16.5 Å². The lowest BCUT2D eigenvalue weighted by Gasteiger charge is -1.94. The molecule has 0 bridgehead atoms. The molecule has 72 valence electrons. The summed E-state index contributed by atoms with van der Waals surface area (Å²) in [5, 5.41) is 11.5. The van der Waals surface area contributed by atoms with Crippen LogP contribution in [0.2, 0.25) is 0 Å². The molecule has 0 aliphatic heterocycles. The SMILES string of the molecule is Cc1csc(CSCCC(=O)O)n1. The lowest BCUT2D eigenvalue weighted by molar-refractivity contribution is -0.136. The van der Waals surface area contributed by atoms with Gasteiger partial charge in [-0.15, -0.1) is 11.3 Å². The summed E-state index contributed by atoms with van der Waals surface area (Å²) in [6.45, 7) is 1.96. The van der Waals surface area contributed by atoms with Crippen molar-refractivity contribution in [2.45, 2.75) is 19.1 Å². The van der Waals surface area contributed by atoms with Gasteiger partial charge in [-0.1, -0.05) is 0 Å². The lowest BCUT2D eigenvalue weighted by Crippen LogP contribution is -1.96. The second-order valence-electron chi connectivity index (χ2n) is 2.58. The Hall–Kier alpha value is -0.550. The molecule has 0 saturated heterocycles. The van der Waals surface area contributed by atoms with Crippen molar-refractivity contribution >= 4 is 29.1 Å². The summed E-state index contributed by atoms with van der Waals surface area (Å²) in [6.07, 6.45) is 0.231. The zero-order valence-electron chi connectivity index (χ0n) is 7.32. The number of carboxylic acid groups (broad SMARTS) is 1. The van der Waals surface area contributed by atoms with Crippen molar-refractivity contribution in [2.75, 3.05) is 5.75 Å². The van der Waals surface area contributed by atoms with Crippen LogP contribution >= 0.6 is 23.1 Å². The van der Waals surface area contributed by atoms with Crippen LogP contribution in [0.5, 0.6) is 0 Å². The monoisotopic (exact) mass is 217 g/mol. The maximum absolute atomic E-state index is 10.2. The second kappa shape index (κ2) is 5.24. The quantitative estimate of drug-likeness (QED) is 0.768. The minimum absolute atomic E-state index is 0.231. The fraction of sp³-hybridized carbons (Fsp3) is 0.500. The fourth-order valence-electron chi connectivity index (χ4n) is 0.788. The van der Waals surface area contributed by atoms with Crippen LogP contribution in [0, 0.1) is 6.92 Å². The van der Waals surface area contributed by atoms with E-state index in [2.05, 4.69) is 4.98 Å². The van der Waals surface area contributed by atoms with Crippen LogP contribution in [0.1, 0.15) is 17.1 Å². The molecular weight excluding hydrogens is 206 g/mol. The van der Waals surface area contributed by atoms with Crippen LogP contribution in [0.25, 0.3) is 0 Å². The topological polar surface area (TPSA) is 50.2 Å². The summed E-state index contributed by atoms with van der Waals surface area (Å²) in [7, 11) is 0. The van der Waals surface area contributed by atoms with E-state index in [4.69, 9.17) is 5.11 Å². The number of aromatic nitrogens is 1. The Morgan fingerprint density at radius 2 is 2.54 bits per heavy atom. The first-order valence-electron chi connectivity index (χ1n) is 3.89. The highest BCUT2D eigenvalue weighted by molar-refractivity contribution is 7.98. The second-order valence-corrected chi connectivity index (χ2v) is 4.63. The van der Waals surface area contributed by atoms with Gasteiger partial charge >= 0.3 is 5.97 Å². The molecule has 0 spiro atoms. The van der Waals surface area contributed by atoms with Crippen LogP contribution in [-0.2, 0) is 10.5 Å². The minimum Gasteiger partial charge on any atom is -0.481 e. The van der Waals surface area contributed by atoms with E-state index in [1.807, 2.05) is 12.3 Å². The molecule has 1 N–H and O–H groups in total. The number of thioether (sulfide) groups is 1. The van der Waals surface area contributed by atoms with Gasteiger partial charge in [-0.2, -0.15) is 11.8 Å². The summed E-state index contributed by atoms with van der Waals surface area (Å²) in [5.74, 6) is 0.752. The minimum atomic E-state index is -0.734. The lowest BCUT2D eigenvalue weighted by atomic mass is 10.5. The van der Waals surface area contributed by atoms with Crippen LogP contribution in [0.3, 0.4) is 0 Å². The molecule has 0 atom stereocenters. The molecule has 0 unspecified atom stereocenters. The van der Waals surface area contributed by atoms with Gasteiger partial charge in [0.1, 0.15) is 5.01 Å². The van der Waals surface area contributed by atoms with Gasteiger partial charge in [0.2, 0.25) is 0 Å². The van der Waals surface area contributed by atoms with Gasteiger partial charge < -0.3 is 5.11 Å². The summed E-state index contributed by atoms with van der Waals surface area (Å²) in [5.41, 5.74) is 1.04. The number of aliphatic carboxylic acids is 1. The molecule has 0 aliphatic carbocycles. The van der Waals surface area contributed by atoms with Crippen molar-refractivity contribution in [3.63, 3.8) is 0 Å². The zero-order chi connectivity index (χ0) is 9.68. The highest BCUT2D eigenvalue weighted by Gasteiger charge is 2.00. The number of hydrogen-bond acceptors (Lipinski definition) is 4. The van der Waals surface area contributed by atoms with Crippen LogP contribution in [0.15, 0.2) is 5.38 Å². The van der Waals surface area contributed by atoms with Gasteiger partial charge in [-0.3, -0.25) is 4.79 Å². The first-order valence-corrected chi connectivity index (χ1v) is 5.92. The van der Waals surface area contributed by atoms with E-state index in [-0.39, 0.29) is 6.42 Å². The van der Waals surface area contributed by atoms with Crippen LogP contribution in [-0.4, -0.2) is 21.8 Å². The predicted octanol–water partition coefficient (Wildman–Crippen LogP) is 2.16. The normalized spacial score (nSPS) is 10.2. The van der Waals surface area contributed by atoms with Gasteiger partial charge in [0.15, 0.2) is 0 Å². The van der Waals surface area contributed by atoms with E-state index in [1.165, 1.54) is 0 Å². The molecule has 1 aromatic heterocycles. The van der Waals surface area contributed by atoms with E-state index in [9.17, 15) is 4.79 Å². The standard InChI is InChI=1S/C8H11NO2S2/c1-6-4-13-7(9-6)5-12-3-2-8(10)11/h4H,2-3,5H2,1H3,(H,10,11). The van der Waals surface area contributed by atoms with Gasteiger partial charge in [-0.25, -0.2) is 4.98 Å². The average Bonchev–Trinajstić information content (AvgIpc) is 2.45. The van der Waals surface area contributed by atoms with Gasteiger partial charge in [0.05, 0.1) is 6.42 Å². The summed E-state index contributed by atoms with van der Waals surface area (Å²) >= 11 is 3.24. The van der Waals surface area contributed by atoms with Gasteiger partial charge in [0.25, 0.3) is 0 Å². The van der Waals surface area contributed by atoms with Crippen LogP contribution < -0.4 is 0 Å². The molecule has 0 fully saturated rings. The van der Waals surface area contributed by atoms with E-state index >= 15 is 0 Å². The van der Waals surface area contributed by atoms with E-state index in [0.29, 0.717) is 5.75 Å². The number of carbonyl (C=O) groups is 1. The van der Waals surface area contributed by atoms with Crippen molar-refractivity contribution in [2.24, 2.45) is 0 Å². The van der Waals surface area contributed by atoms with Crippen molar-refractivity contribution in [1.82, 2.24) is 4.98 Å². The third-order valence-corrected chi connectivity index (χ3v) is 3.47. The summed E-state index contributed by atoms with van der Waals surface area (Å²) in [4.78, 5) is 14.5. The molecule has 3 nitrogen and oxygen atoms in total. The van der Waals surface area contributed by atoms with Gasteiger partial charge in [-0.05, 0) is 6.92 Å². The molecule has 1 rings (SSSR count). The van der Waals surface area contributed by atoms with Crippen LogP contribution in [0.4, 0.5) is 0 Å². The molecule has 5 heteroatoms. The number of rotatable bonds is 5. The molecular formula is C8H11NO2S2. The maximum Gasteiger partial charge on any atom is 0.304 e. The zero-order valence-corrected chi connectivity index (χ0v) is 8.95.